The summed E-state index contributed by atoms with van der Waals surface area (Å²) in [5.41, 5.74) is 2.92. The van der Waals surface area contributed by atoms with Crippen molar-refractivity contribution in [3.63, 3.8) is 0 Å². The highest BCUT2D eigenvalue weighted by Crippen LogP contribution is 2.09. The number of benzene rings is 1. The predicted octanol–water partition coefficient (Wildman–Crippen LogP) is 2.89. The van der Waals surface area contributed by atoms with E-state index in [9.17, 15) is 9.59 Å². The zero-order valence-electron chi connectivity index (χ0n) is 13.9. The monoisotopic (exact) mass is 321 g/mol. The van der Waals surface area contributed by atoms with E-state index < -0.39 is 11.9 Å². The maximum Gasteiger partial charge on any atom is 0.328 e. The molecule has 0 aromatic heterocycles. The van der Waals surface area contributed by atoms with Crippen molar-refractivity contribution in [1.82, 2.24) is 5.32 Å². The summed E-state index contributed by atoms with van der Waals surface area (Å²) in [6.45, 7) is 3.32. The van der Waals surface area contributed by atoms with E-state index in [2.05, 4.69) is 36.5 Å². The third-order valence-corrected chi connectivity index (χ3v) is 3.12. The van der Waals surface area contributed by atoms with Gasteiger partial charge in [0.2, 0.25) is 0 Å². The Hall–Kier alpha value is -2.14. The average molecular weight is 321 g/mol. The third kappa shape index (κ3) is 13.3. The van der Waals surface area contributed by atoms with Crippen molar-refractivity contribution in [1.29, 1.82) is 0 Å². The van der Waals surface area contributed by atoms with Crippen LogP contribution in [0.25, 0.3) is 0 Å². The molecule has 1 aromatic rings. The van der Waals surface area contributed by atoms with E-state index in [-0.39, 0.29) is 0 Å². The van der Waals surface area contributed by atoms with Gasteiger partial charge in [0.05, 0.1) is 0 Å². The van der Waals surface area contributed by atoms with Crippen molar-refractivity contribution in [2.45, 2.75) is 39.0 Å². The second kappa shape index (κ2) is 13.5. The largest absolute Gasteiger partial charge is 0.478 e. The van der Waals surface area contributed by atoms with Gasteiger partial charge in [0.15, 0.2) is 0 Å². The lowest BCUT2D eigenvalue weighted by atomic mass is 10.0. The van der Waals surface area contributed by atoms with Crippen LogP contribution in [-0.2, 0) is 22.4 Å². The van der Waals surface area contributed by atoms with Crippen LogP contribution in [0.3, 0.4) is 0 Å². The highest BCUT2D eigenvalue weighted by Gasteiger charge is 1.95. The van der Waals surface area contributed by atoms with Gasteiger partial charge in [0.25, 0.3) is 0 Å². The molecule has 128 valence electrons. The summed E-state index contributed by atoms with van der Waals surface area (Å²) < 4.78 is 0. The first kappa shape index (κ1) is 20.9. The molecule has 3 N–H and O–H groups in total. The topological polar surface area (TPSA) is 86.6 Å². The summed E-state index contributed by atoms with van der Waals surface area (Å²) in [6, 6.07) is 9.08. The fourth-order valence-corrected chi connectivity index (χ4v) is 1.86. The first-order valence-electron chi connectivity index (χ1n) is 7.86. The summed E-state index contributed by atoms with van der Waals surface area (Å²) in [5, 5.41) is 18.8. The summed E-state index contributed by atoms with van der Waals surface area (Å²) >= 11 is 0. The summed E-state index contributed by atoms with van der Waals surface area (Å²) in [4.78, 5) is 19.1. The van der Waals surface area contributed by atoms with Gasteiger partial charge in [-0.1, -0.05) is 44.0 Å². The van der Waals surface area contributed by atoms with Crippen molar-refractivity contribution in [3.8, 4) is 0 Å². The SMILES string of the molecule is CCCCCc1ccc(CCNC)cc1.O=C(O)/C=C\C(=O)O. The molecule has 0 aliphatic rings. The lowest BCUT2D eigenvalue weighted by Crippen LogP contribution is -2.10. The van der Waals surface area contributed by atoms with Crippen molar-refractivity contribution >= 4 is 11.9 Å². The molecular weight excluding hydrogens is 294 g/mol. The molecular formula is C18H27NO4. The number of rotatable bonds is 9. The lowest BCUT2D eigenvalue weighted by molar-refractivity contribution is -0.134. The number of hydrogen-bond acceptors (Lipinski definition) is 3. The Balaban J connectivity index is 0.000000515. The molecule has 0 saturated heterocycles. The Kier molecular flexibility index (Phi) is 12.3. The molecule has 0 amide bonds. The van der Waals surface area contributed by atoms with Crippen LogP contribution in [0, 0.1) is 0 Å². The fraction of sp³-hybridized carbons (Fsp3) is 0.444. The second-order valence-electron chi connectivity index (χ2n) is 5.14. The van der Waals surface area contributed by atoms with Gasteiger partial charge in [-0.2, -0.15) is 0 Å². The molecule has 23 heavy (non-hydrogen) atoms. The van der Waals surface area contributed by atoms with E-state index in [1.54, 1.807) is 0 Å². The van der Waals surface area contributed by atoms with E-state index in [4.69, 9.17) is 10.2 Å². The Morgan fingerprint density at radius 1 is 0.957 bits per heavy atom. The smallest absolute Gasteiger partial charge is 0.328 e. The molecule has 5 nitrogen and oxygen atoms in total. The minimum Gasteiger partial charge on any atom is -0.478 e. The Labute approximate surface area is 138 Å². The number of carbonyl (C=O) groups is 2. The number of carboxylic acids is 2. The average Bonchev–Trinajstić information content (AvgIpc) is 2.53. The van der Waals surface area contributed by atoms with Crippen LogP contribution in [0.5, 0.6) is 0 Å². The van der Waals surface area contributed by atoms with Gasteiger partial charge < -0.3 is 15.5 Å². The van der Waals surface area contributed by atoms with Gasteiger partial charge in [0.1, 0.15) is 0 Å². The quantitative estimate of drug-likeness (QED) is 0.481. The van der Waals surface area contributed by atoms with E-state index >= 15 is 0 Å². The van der Waals surface area contributed by atoms with Gasteiger partial charge in [0, 0.05) is 12.2 Å². The summed E-state index contributed by atoms with van der Waals surface area (Å²) in [6.07, 6.45) is 7.46. The van der Waals surface area contributed by atoms with Crippen LogP contribution >= 0.6 is 0 Å². The lowest BCUT2D eigenvalue weighted by Gasteiger charge is -2.03. The zero-order valence-corrected chi connectivity index (χ0v) is 13.9. The Morgan fingerprint density at radius 2 is 1.43 bits per heavy atom. The highest BCUT2D eigenvalue weighted by atomic mass is 16.4. The minimum absolute atomic E-state index is 0.558. The number of carboxylic acid groups (broad SMARTS) is 2. The van der Waals surface area contributed by atoms with Crippen LogP contribution in [0.15, 0.2) is 36.4 Å². The molecule has 0 heterocycles. The molecule has 0 spiro atoms. The zero-order chi connectivity index (χ0) is 17.5. The van der Waals surface area contributed by atoms with Gasteiger partial charge in [-0.3, -0.25) is 0 Å². The number of nitrogens with one attached hydrogen (secondary N) is 1. The van der Waals surface area contributed by atoms with Crippen LogP contribution in [0.4, 0.5) is 0 Å². The van der Waals surface area contributed by atoms with Gasteiger partial charge in [-0.25, -0.2) is 9.59 Å². The molecule has 0 aliphatic heterocycles. The van der Waals surface area contributed by atoms with Crippen molar-refractivity contribution in [2.24, 2.45) is 0 Å². The molecule has 0 fully saturated rings. The van der Waals surface area contributed by atoms with E-state index in [1.165, 1.54) is 36.8 Å². The fourth-order valence-electron chi connectivity index (χ4n) is 1.86. The third-order valence-electron chi connectivity index (χ3n) is 3.12. The molecule has 5 heteroatoms. The second-order valence-corrected chi connectivity index (χ2v) is 5.14. The Bertz CT molecular complexity index is 464. The van der Waals surface area contributed by atoms with Crippen LogP contribution < -0.4 is 5.32 Å². The number of aliphatic carboxylic acids is 2. The molecule has 0 bridgehead atoms. The van der Waals surface area contributed by atoms with E-state index in [0.717, 1.165) is 13.0 Å². The number of unbranched alkanes of at least 4 members (excludes halogenated alkanes) is 2. The van der Waals surface area contributed by atoms with Crippen molar-refractivity contribution in [3.05, 3.63) is 47.5 Å². The van der Waals surface area contributed by atoms with Crippen LogP contribution in [0.2, 0.25) is 0 Å². The normalized spacial score (nSPS) is 10.2. The highest BCUT2D eigenvalue weighted by molar-refractivity contribution is 5.89. The van der Waals surface area contributed by atoms with Gasteiger partial charge in [-0.05, 0) is 44.0 Å². The standard InChI is InChI=1S/C14H23N.C4H4O4/c1-3-4-5-6-13-7-9-14(10-8-13)11-12-15-2;5-3(6)1-2-4(7)8/h7-10,15H,3-6,11-12H2,1-2H3;1-2H,(H,5,6)(H,7,8)/b;2-1-. The van der Waals surface area contributed by atoms with Crippen molar-refractivity contribution < 1.29 is 19.8 Å². The molecule has 0 saturated carbocycles. The predicted molar refractivity (Wildman–Crippen MR) is 91.7 cm³/mol. The summed E-state index contributed by atoms with van der Waals surface area (Å²) in [5.74, 6) is -2.51. The maximum absolute atomic E-state index is 9.55. The maximum atomic E-state index is 9.55. The first-order valence-corrected chi connectivity index (χ1v) is 7.86. The number of likely N-dealkylation sites (N-methyl/N-ethyl adjacent to an activating group) is 1. The molecule has 1 aromatic carbocycles. The summed E-state index contributed by atoms with van der Waals surface area (Å²) in [7, 11) is 2.00. The van der Waals surface area contributed by atoms with Crippen LogP contribution in [-0.4, -0.2) is 35.7 Å². The first-order chi connectivity index (χ1) is 11.0. The molecule has 0 aliphatic carbocycles. The molecule has 0 atom stereocenters. The van der Waals surface area contributed by atoms with Crippen LogP contribution in [0.1, 0.15) is 37.3 Å². The molecule has 1 rings (SSSR count). The van der Waals surface area contributed by atoms with E-state index in [0.29, 0.717) is 12.2 Å². The van der Waals surface area contributed by atoms with Gasteiger partial charge >= 0.3 is 11.9 Å². The number of hydrogen-bond donors (Lipinski definition) is 3. The van der Waals surface area contributed by atoms with Gasteiger partial charge in [-0.15, -0.1) is 0 Å². The number of aryl methyl sites for hydroxylation is 1. The minimum atomic E-state index is -1.26. The van der Waals surface area contributed by atoms with Crippen molar-refractivity contribution in [2.75, 3.05) is 13.6 Å². The van der Waals surface area contributed by atoms with E-state index in [1.807, 2.05) is 7.05 Å². The molecule has 0 radical (unpaired) electrons. The molecule has 0 unspecified atom stereocenters. The Morgan fingerprint density at radius 3 is 1.83 bits per heavy atom.